The molecule has 2 unspecified atom stereocenters. The van der Waals surface area contributed by atoms with Gasteiger partial charge in [-0.2, -0.15) is 0 Å². The predicted octanol–water partition coefficient (Wildman–Crippen LogP) is 0.219. The Morgan fingerprint density at radius 1 is 1.48 bits per heavy atom. The van der Waals surface area contributed by atoms with Crippen molar-refractivity contribution in [1.29, 1.82) is 0 Å². The average molecular weight is 288 g/mol. The Balaban J connectivity index is 2.11. The molecule has 0 aromatic heterocycles. The van der Waals surface area contributed by atoms with Crippen LogP contribution >= 0.6 is 0 Å². The third-order valence-electron chi connectivity index (χ3n) is 3.44. The first-order chi connectivity index (χ1) is 10.2. The maximum absolute atomic E-state index is 12.5. The first kappa shape index (κ1) is 15.5. The third-order valence-corrected chi connectivity index (χ3v) is 3.44. The molecule has 0 bridgehead atoms. The van der Waals surface area contributed by atoms with Crippen LogP contribution in [0.2, 0.25) is 0 Å². The number of ether oxygens (including phenoxy) is 1. The molecular formula is C16H20N2O3. The van der Waals surface area contributed by atoms with Crippen LogP contribution in [0.5, 0.6) is 0 Å². The smallest absolute Gasteiger partial charge is 0.254 e. The largest absolute Gasteiger partial charge is 0.394 e. The molecule has 3 N–H and O–H groups in total. The van der Waals surface area contributed by atoms with Crippen LogP contribution in [0.1, 0.15) is 22.8 Å². The summed E-state index contributed by atoms with van der Waals surface area (Å²) in [4.78, 5) is 14.3. The van der Waals surface area contributed by atoms with Gasteiger partial charge in [0.05, 0.1) is 31.9 Å². The average Bonchev–Trinajstić information content (AvgIpc) is 2.53. The number of aliphatic hydroxyl groups excluding tert-OH is 1. The maximum Gasteiger partial charge on any atom is 0.254 e. The minimum absolute atomic E-state index is 0.00277. The van der Waals surface area contributed by atoms with Crippen LogP contribution in [-0.2, 0) is 4.74 Å². The molecule has 5 nitrogen and oxygen atoms in total. The molecule has 1 amide bonds. The number of carbonyl (C=O) groups excluding carboxylic acids is 1. The molecule has 1 aliphatic heterocycles. The van der Waals surface area contributed by atoms with Crippen molar-refractivity contribution in [3.05, 3.63) is 35.4 Å². The molecule has 1 aromatic rings. The summed E-state index contributed by atoms with van der Waals surface area (Å²) in [5.41, 5.74) is 6.77. The van der Waals surface area contributed by atoms with E-state index in [4.69, 9.17) is 10.5 Å². The highest BCUT2D eigenvalue weighted by molar-refractivity contribution is 5.94. The van der Waals surface area contributed by atoms with Gasteiger partial charge in [0.2, 0.25) is 0 Å². The van der Waals surface area contributed by atoms with E-state index in [2.05, 4.69) is 11.8 Å². The summed E-state index contributed by atoms with van der Waals surface area (Å²) in [6.07, 6.45) is -0.306. The van der Waals surface area contributed by atoms with Gasteiger partial charge in [0, 0.05) is 17.7 Å². The summed E-state index contributed by atoms with van der Waals surface area (Å²) in [6.45, 7) is 3.02. The van der Waals surface area contributed by atoms with Gasteiger partial charge in [-0.1, -0.05) is 11.8 Å². The lowest BCUT2D eigenvalue weighted by Crippen LogP contribution is -2.52. The number of hydrogen-bond acceptors (Lipinski definition) is 4. The van der Waals surface area contributed by atoms with Crippen LogP contribution < -0.4 is 5.73 Å². The Hall–Kier alpha value is -1.87. The highest BCUT2D eigenvalue weighted by atomic mass is 16.5. The normalized spacial score (nSPS) is 21.6. The van der Waals surface area contributed by atoms with E-state index in [1.54, 1.807) is 17.0 Å². The maximum atomic E-state index is 12.5. The predicted molar refractivity (Wildman–Crippen MR) is 79.7 cm³/mol. The van der Waals surface area contributed by atoms with Crippen molar-refractivity contribution in [2.24, 2.45) is 5.73 Å². The lowest BCUT2D eigenvalue weighted by atomic mass is 10.1. The molecule has 0 radical (unpaired) electrons. The number of benzene rings is 1. The molecular weight excluding hydrogens is 268 g/mol. The van der Waals surface area contributed by atoms with Crippen LogP contribution in [0.25, 0.3) is 0 Å². The van der Waals surface area contributed by atoms with Crippen LogP contribution in [0.4, 0.5) is 0 Å². The number of carbonyl (C=O) groups is 1. The number of aliphatic hydroxyl groups is 1. The molecule has 5 heteroatoms. The van der Waals surface area contributed by atoms with Gasteiger partial charge in [-0.25, -0.2) is 0 Å². The molecule has 21 heavy (non-hydrogen) atoms. The Kier molecular flexibility index (Phi) is 5.34. The van der Waals surface area contributed by atoms with Gasteiger partial charge in [0.1, 0.15) is 0 Å². The second-order valence-electron chi connectivity index (χ2n) is 5.03. The number of hydrogen-bond donors (Lipinski definition) is 2. The lowest BCUT2D eigenvalue weighted by molar-refractivity contribution is -0.0667. The summed E-state index contributed by atoms with van der Waals surface area (Å²) < 4.78 is 5.45. The number of rotatable bonds is 2. The van der Waals surface area contributed by atoms with E-state index in [9.17, 15) is 9.90 Å². The highest BCUT2D eigenvalue weighted by Crippen LogP contribution is 2.16. The second-order valence-corrected chi connectivity index (χ2v) is 5.03. The van der Waals surface area contributed by atoms with Gasteiger partial charge in [0.15, 0.2) is 0 Å². The van der Waals surface area contributed by atoms with Crippen LogP contribution in [0.3, 0.4) is 0 Å². The SMILES string of the molecule is CC1COC(CO)CN1C(=O)c1ccc(C#CCN)cc1. The van der Waals surface area contributed by atoms with E-state index in [0.29, 0.717) is 25.3 Å². The molecule has 2 rings (SSSR count). The molecule has 0 aliphatic carbocycles. The van der Waals surface area contributed by atoms with Crippen LogP contribution in [0.15, 0.2) is 24.3 Å². The fraction of sp³-hybridized carbons (Fsp3) is 0.438. The topological polar surface area (TPSA) is 75.8 Å². The van der Waals surface area contributed by atoms with Crippen molar-refractivity contribution in [3.63, 3.8) is 0 Å². The Bertz CT molecular complexity index is 545. The number of amides is 1. The van der Waals surface area contributed by atoms with Gasteiger partial charge in [-0.05, 0) is 31.2 Å². The minimum Gasteiger partial charge on any atom is -0.394 e. The molecule has 1 saturated heterocycles. The van der Waals surface area contributed by atoms with E-state index < -0.39 is 0 Å². The summed E-state index contributed by atoms with van der Waals surface area (Å²) in [5, 5.41) is 9.18. The first-order valence-corrected chi connectivity index (χ1v) is 6.98. The second kappa shape index (κ2) is 7.23. The zero-order valence-corrected chi connectivity index (χ0v) is 12.1. The fourth-order valence-corrected chi connectivity index (χ4v) is 2.23. The Morgan fingerprint density at radius 2 is 2.19 bits per heavy atom. The van der Waals surface area contributed by atoms with E-state index >= 15 is 0 Å². The highest BCUT2D eigenvalue weighted by Gasteiger charge is 2.29. The summed E-state index contributed by atoms with van der Waals surface area (Å²) in [7, 11) is 0. The molecule has 1 heterocycles. The van der Waals surface area contributed by atoms with E-state index in [0.717, 1.165) is 5.56 Å². The summed E-state index contributed by atoms with van der Waals surface area (Å²) in [5.74, 6) is 5.64. The lowest BCUT2D eigenvalue weighted by Gasteiger charge is -2.37. The number of nitrogens with zero attached hydrogens (tertiary/aromatic N) is 1. The zero-order chi connectivity index (χ0) is 15.2. The quantitative estimate of drug-likeness (QED) is 0.763. The van der Waals surface area contributed by atoms with Gasteiger partial charge in [-0.3, -0.25) is 4.79 Å². The first-order valence-electron chi connectivity index (χ1n) is 6.98. The van der Waals surface area contributed by atoms with Crippen LogP contribution in [-0.4, -0.2) is 54.4 Å². The zero-order valence-electron chi connectivity index (χ0n) is 12.1. The molecule has 1 aliphatic rings. The van der Waals surface area contributed by atoms with E-state index in [1.807, 2.05) is 19.1 Å². The molecule has 1 aromatic carbocycles. The van der Waals surface area contributed by atoms with Crippen molar-refractivity contribution >= 4 is 5.91 Å². The van der Waals surface area contributed by atoms with Gasteiger partial charge < -0.3 is 20.5 Å². The van der Waals surface area contributed by atoms with Crippen molar-refractivity contribution < 1.29 is 14.6 Å². The fourth-order valence-electron chi connectivity index (χ4n) is 2.23. The molecule has 1 fully saturated rings. The monoisotopic (exact) mass is 288 g/mol. The summed E-state index contributed by atoms with van der Waals surface area (Å²) >= 11 is 0. The van der Waals surface area contributed by atoms with E-state index in [1.165, 1.54) is 0 Å². The Morgan fingerprint density at radius 3 is 2.81 bits per heavy atom. The minimum atomic E-state index is -0.306. The van der Waals surface area contributed by atoms with Gasteiger partial charge in [-0.15, -0.1) is 0 Å². The van der Waals surface area contributed by atoms with Gasteiger partial charge >= 0.3 is 0 Å². The van der Waals surface area contributed by atoms with Gasteiger partial charge in [0.25, 0.3) is 5.91 Å². The van der Waals surface area contributed by atoms with Crippen molar-refractivity contribution in [1.82, 2.24) is 4.90 Å². The summed E-state index contributed by atoms with van der Waals surface area (Å²) in [6, 6.07) is 7.14. The van der Waals surface area contributed by atoms with Crippen molar-refractivity contribution in [2.75, 3.05) is 26.3 Å². The van der Waals surface area contributed by atoms with Crippen molar-refractivity contribution in [2.45, 2.75) is 19.1 Å². The molecule has 2 atom stereocenters. The van der Waals surface area contributed by atoms with Crippen molar-refractivity contribution in [3.8, 4) is 11.8 Å². The standard InChI is InChI=1S/C16H20N2O3/c1-12-11-21-15(10-19)9-18(12)16(20)14-6-4-13(5-7-14)3-2-8-17/h4-7,12,15,19H,8-11,17H2,1H3. The third kappa shape index (κ3) is 3.82. The molecule has 112 valence electrons. The van der Waals surface area contributed by atoms with Crippen LogP contribution in [0, 0.1) is 11.8 Å². The van der Waals surface area contributed by atoms with E-state index in [-0.39, 0.29) is 24.7 Å². The molecule has 0 saturated carbocycles. The Labute approximate surface area is 124 Å². The number of nitrogens with two attached hydrogens (primary N) is 1. The molecule has 0 spiro atoms. The number of morpholine rings is 1.